The summed E-state index contributed by atoms with van der Waals surface area (Å²) in [5, 5.41) is 11.7. The van der Waals surface area contributed by atoms with Gasteiger partial charge in [0, 0.05) is 17.4 Å². The molecule has 0 atom stereocenters. The molecule has 0 fully saturated rings. The van der Waals surface area contributed by atoms with Crippen molar-refractivity contribution in [2.75, 3.05) is 28.1 Å². The minimum Gasteiger partial charge on any atom is -0.454 e. The van der Waals surface area contributed by atoms with Crippen LogP contribution >= 0.6 is 0 Å². The van der Waals surface area contributed by atoms with Gasteiger partial charge in [-0.3, -0.25) is 0 Å². The number of urea groups is 1. The van der Waals surface area contributed by atoms with Crippen LogP contribution < -0.4 is 30.7 Å². The maximum atomic E-state index is 12.1. The topological polar surface area (TPSA) is 83.7 Å². The highest BCUT2D eigenvalue weighted by Gasteiger charge is 2.15. The van der Waals surface area contributed by atoms with E-state index in [1.165, 1.54) is 0 Å². The number of rotatable bonds is 2. The zero-order valence-electron chi connectivity index (χ0n) is 12.1. The van der Waals surface area contributed by atoms with E-state index >= 15 is 0 Å². The van der Waals surface area contributed by atoms with E-state index < -0.39 is 0 Å². The molecule has 2 heterocycles. The molecule has 2 aromatic carbocycles. The van der Waals surface area contributed by atoms with Crippen LogP contribution in [0.25, 0.3) is 0 Å². The second-order valence-corrected chi connectivity index (χ2v) is 5.14. The van der Waals surface area contributed by atoms with Gasteiger partial charge >= 0.3 is 6.03 Å². The molecule has 0 aromatic heterocycles. The molecule has 2 amide bonds. The smallest absolute Gasteiger partial charge is 0.323 e. The predicted molar refractivity (Wildman–Crippen MR) is 88.0 cm³/mol. The highest BCUT2D eigenvalue weighted by molar-refractivity contribution is 6.00. The molecular formula is C16H14N4O3. The van der Waals surface area contributed by atoms with Crippen LogP contribution in [0.3, 0.4) is 0 Å². The predicted octanol–water partition coefficient (Wildman–Crippen LogP) is 3.37. The summed E-state index contributed by atoms with van der Waals surface area (Å²) in [7, 11) is 0. The Morgan fingerprint density at radius 1 is 0.957 bits per heavy atom. The maximum Gasteiger partial charge on any atom is 0.323 e. The van der Waals surface area contributed by atoms with Gasteiger partial charge in [0.1, 0.15) is 5.82 Å². The average Bonchev–Trinajstić information content (AvgIpc) is 3.11. The number of hydrogen-bond donors (Lipinski definition) is 4. The summed E-state index contributed by atoms with van der Waals surface area (Å²) in [4.78, 5) is 12.1. The highest BCUT2D eigenvalue weighted by atomic mass is 16.7. The van der Waals surface area contributed by atoms with Crippen molar-refractivity contribution >= 4 is 28.8 Å². The van der Waals surface area contributed by atoms with E-state index in [1.54, 1.807) is 18.2 Å². The first kappa shape index (κ1) is 13.3. The van der Waals surface area contributed by atoms with Crippen LogP contribution in [0, 0.1) is 0 Å². The van der Waals surface area contributed by atoms with Crippen molar-refractivity contribution in [1.29, 1.82) is 0 Å². The molecule has 2 aliphatic rings. The Kier molecular flexibility index (Phi) is 2.97. The summed E-state index contributed by atoms with van der Waals surface area (Å²) in [5.74, 6) is 2.00. The molecule has 23 heavy (non-hydrogen) atoms. The van der Waals surface area contributed by atoms with E-state index in [0.29, 0.717) is 28.7 Å². The van der Waals surface area contributed by atoms with Crippen molar-refractivity contribution in [1.82, 2.24) is 0 Å². The van der Waals surface area contributed by atoms with Crippen LogP contribution in [0.5, 0.6) is 11.5 Å². The lowest BCUT2D eigenvalue weighted by Crippen LogP contribution is -2.19. The normalized spacial score (nSPS) is 13.8. The minimum atomic E-state index is -0.339. The van der Waals surface area contributed by atoms with Crippen LogP contribution in [0.1, 0.15) is 0 Å². The summed E-state index contributed by atoms with van der Waals surface area (Å²) in [6.07, 6.45) is 0. The first-order chi connectivity index (χ1) is 11.2. The van der Waals surface area contributed by atoms with Gasteiger partial charge in [-0.05, 0) is 30.3 Å². The second kappa shape index (κ2) is 5.13. The molecule has 116 valence electrons. The number of carbonyl (C=O) groups is 1. The zero-order chi connectivity index (χ0) is 15.8. The molecule has 0 saturated heterocycles. The van der Waals surface area contributed by atoms with E-state index in [9.17, 15) is 4.79 Å². The minimum absolute atomic E-state index is 0.201. The Morgan fingerprint density at radius 3 is 2.52 bits per heavy atom. The molecule has 2 aromatic rings. The van der Waals surface area contributed by atoms with E-state index in [1.807, 2.05) is 18.2 Å². The number of carbonyl (C=O) groups excluding carboxylic acids is 1. The number of benzene rings is 2. The lowest BCUT2D eigenvalue weighted by molar-refractivity contribution is 0.174. The van der Waals surface area contributed by atoms with Gasteiger partial charge in [0.05, 0.1) is 11.4 Å². The number of ether oxygens (including phenoxy) is 2. The van der Waals surface area contributed by atoms with Crippen molar-refractivity contribution < 1.29 is 14.3 Å². The van der Waals surface area contributed by atoms with Crippen molar-refractivity contribution in [3.8, 4) is 11.5 Å². The molecule has 0 aliphatic carbocycles. The molecule has 0 radical (unpaired) electrons. The third-order valence-corrected chi connectivity index (χ3v) is 3.48. The Hall–Kier alpha value is -3.35. The molecule has 7 nitrogen and oxygen atoms in total. The third-order valence-electron chi connectivity index (χ3n) is 3.48. The molecule has 7 heteroatoms. The average molecular weight is 310 g/mol. The lowest BCUT2D eigenvalue weighted by atomic mass is 10.2. The Bertz CT molecular complexity index is 819. The third kappa shape index (κ3) is 2.59. The number of nitrogens with one attached hydrogen (secondary N) is 4. The first-order valence-corrected chi connectivity index (χ1v) is 7.02. The van der Waals surface area contributed by atoms with E-state index in [0.717, 1.165) is 11.4 Å². The largest absolute Gasteiger partial charge is 0.454 e. The fourth-order valence-electron chi connectivity index (χ4n) is 2.46. The summed E-state index contributed by atoms with van der Waals surface area (Å²) in [6, 6.07) is 10.4. The molecule has 0 bridgehead atoms. The fourth-order valence-corrected chi connectivity index (χ4v) is 2.46. The van der Waals surface area contributed by atoms with Gasteiger partial charge in [0.2, 0.25) is 6.79 Å². The van der Waals surface area contributed by atoms with Crippen LogP contribution in [-0.2, 0) is 0 Å². The number of amides is 2. The van der Waals surface area contributed by atoms with Crippen LogP contribution in [0.15, 0.2) is 48.8 Å². The Morgan fingerprint density at radius 2 is 1.65 bits per heavy atom. The molecule has 2 aliphatic heterocycles. The van der Waals surface area contributed by atoms with Gasteiger partial charge in [-0.1, -0.05) is 6.58 Å². The SMILES string of the molecule is C=C1Nc2ccc(NC(=O)Nc3ccc4c(c3)OCO4)cc2N1. The Labute approximate surface area is 132 Å². The van der Waals surface area contributed by atoms with Crippen molar-refractivity contribution in [2.24, 2.45) is 0 Å². The lowest BCUT2D eigenvalue weighted by Gasteiger charge is -2.09. The van der Waals surface area contributed by atoms with Crippen LogP contribution in [-0.4, -0.2) is 12.8 Å². The number of anilines is 4. The van der Waals surface area contributed by atoms with Crippen LogP contribution in [0.2, 0.25) is 0 Å². The summed E-state index contributed by atoms with van der Waals surface area (Å²) in [5.41, 5.74) is 3.10. The number of hydrogen-bond acceptors (Lipinski definition) is 5. The summed E-state index contributed by atoms with van der Waals surface area (Å²) in [6.45, 7) is 4.00. The molecular weight excluding hydrogens is 296 g/mol. The maximum absolute atomic E-state index is 12.1. The van der Waals surface area contributed by atoms with Gasteiger partial charge < -0.3 is 30.7 Å². The van der Waals surface area contributed by atoms with Crippen molar-refractivity contribution in [2.45, 2.75) is 0 Å². The second-order valence-electron chi connectivity index (χ2n) is 5.14. The standard InChI is InChI=1S/C16H14N4O3/c1-9-17-12-4-2-10(6-13(12)18-9)19-16(21)20-11-3-5-14-15(7-11)23-8-22-14/h2-7,17-18H,1,8H2,(H2,19,20,21). The van der Waals surface area contributed by atoms with Crippen molar-refractivity contribution in [3.05, 3.63) is 48.8 Å². The molecule has 4 N–H and O–H groups in total. The Balaban J connectivity index is 1.44. The highest BCUT2D eigenvalue weighted by Crippen LogP contribution is 2.34. The van der Waals surface area contributed by atoms with Gasteiger partial charge in [0.25, 0.3) is 0 Å². The van der Waals surface area contributed by atoms with Gasteiger partial charge in [-0.25, -0.2) is 4.79 Å². The van der Waals surface area contributed by atoms with E-state index in [-0.39, 0.29) is 12.8 Å². The molecule has 0 spiro atoms. The molecule has 4 rings (SSSR count). The summed E-state index contributed by atoms with van der Waals surface area (Å²) < 4.78 is 10.5. The van der Waals surface area contributed by atoms with Crippen molar-refractivity contribution in [3.63, 3.8) is 0 Å². The number of fused-ring (bicyclic) bond motifs is 2. The van der Waals surface area contributed by atoms with Gasteiger partial charge in [-0.15, -0.1) is 0 Å². The monoisotopic (exact) mass is 310 g/mol. The quantitative estimate of drug-likeness (QED) is 0.683. The van der Waals surface area contributed by atoms with Crippen LogP contribution in [0.4, 0.5) is 27.5 Å². The van der Waals surface area contributed by atoms with Gasteiger partial charge in [-0.2, -0.15) is 0 Å². The zero-order valence-corrected chi connectivity index (χ0v) is 12.1. The molecule has 0 unspecified atom stereocenters. The van der Waals surface area contributed by atoms with E-state index in [2.05, 4.69) is 27.8 Å². The summed E-state index contributed by atoms with van der Waals surface area (Å²) >= 11 is 0. The fraction of sp³-hybridized carbons (Fsp3) is 0.0625. The first-order valence-electron chi connectivity index (χ1n) is 7.02. The molecule has 0 saturated carbocycles. The van der Waals surface area contributed by atoms with E-state index in [4.69, 9.17) is 9.47 Å². The van der Waals surface area contributed by atoms with Gasteiger partial charge in [0.15, 0.2) is 11.5 Å².